The lowest BCUT2D eigenvalue weighted by Gasteiger charge is -2.09. The number of benzene rings is 1. The number of H-pyrrole nitrogens is 1. The van der Waals surface area contributed by atoms with E-state index in [0.29, 0.717) is 10.9 Å². The van der Waals surface area contributed by atoms with Gasteiger partial charge in [-0.3, -0.25) is 0 Å². The molecule has 3 rings (SSSR count). The van der Waals surface area contributed by atoms with E-state index in [1.165, 1.54) is 6.07 Å². The van der Waals surface area contributed by atoms with Gasteiger partial charge in [-0.15, -0.1) is 13.2 Å². The van der Waals surface area contributed by atoms with Crippen LogP contribution in [0.5, 0.6) is 5.75 Å². The number of rotatable bonds is 1. The van der Waals surface area contributed by atoms with Crippen LogP contribution in [0.4, 0.5) is 13.2 Å². The molecule has 9 heteroatoms. The Kier molecular flexibility index (Phi) is 2.24. The van der Waals surface area contributed by atoms with Crippen LogP contribution in [0.25, 0.3) is 16.6 Å². The summed E-state index contributed by atoms with van der Waals surface area (Å²) >= 11 is 0. The summed E-state index contributed by atoms with van der Waals surface area (Å²) in [4.78, 5) is 17.9. The lowest BCUT2D eigenvalue weighted by molar-refractivity contribution is -0.274. The molecule has 0 aliphatic rings. The summed E-state index contributed by atoms with van der Waals surface area (Å²) in [5, 5.41) is 3.98. The number of halogens is 3. The normalized spacial score (nSPS) is 12.2. The molecule has 2 heterocycles. The Morgan fingerprint density at radius 3 is 2.84 bits per heavy atom. The third kappa shape index (κ3) is 1.98. The Bertz CT molecular complexity index is 821. The Labute approximate surface area is 102 Å². The van der Waals surface area contributed by atoms with Crippen LogP contribution in [0, 0.1) is 0 Å². The van der Waals surface area contributed by atoms with Crippen LogP contribution in [-0.4, -0.2) is 25.9 Å². The predicted octanol–water partition coefficient (Wildman–Crippen LogP) is 1.47. The number of alkyl halides is 3. The highest BCUT2D eigenvalue weighted by Crippen LogP contribution is 2.26. The molecule has 1 N–H and O–H groups in total. The minimum atomic E-state index is -4.78. The molecule has 2 aromatic heterocycles. The fourth-order valence-corrected chi connectivity index (χ4v) is 1.76. The van der Waals surface area contributed by atoms with Gasteiger partial charge in [0.15, 0.2) is 5.65 Å². The highest BCUT2D eigenvalue weighted by atomic mass is 19.4. The van der Waals surface area contributed by atoms with Crippen LogP contribution >= 0.6 is 0 Å². The van der Waals surface area contributed by atoms with Crippen molar-refractivity contribution in [1.29, 1.82) is 0 Å². The standard InChI is InChI=1S/C10H5F3N4O2/c11-10(12,13)19-5-1-2-7-6(3-5)8-14-4-15-17(8)9(18)16-7/h1-4H,(H,16,18). The lowest BCUT2D eigenvalue weighted by atomic mass is 10.2. The number of hydrogen-bond acceptors (Lipinski definition) is 4. The topological polar surface area (TPSA) is 72.3 Å². The second-order valence-corrected chi connectivity index (χ2v) is 3.68. The van der Waals surface area contributed by atoms with Crippen LogP contribution in [0.1, 0.15) is 0 Å². The van der Waals surface area contributed by atoms with Gasteiger partial charge in [0.25, 0.3) is 0 Å². The van der Waals surface area contributed by atoms with E-state index >= 15 is 0 Å². The van der Waals surface area contributed by atoms with Crippen molar-refractivity contribution in [1.82, 2.24) is 19.6 Å². The Morgan fingerprint density at radius 1 is 1.32 bits per heavy atom. The molecule has 0 amide bonds. The molecule has 19 heavy (non-hydrogen) atoms. The zero-order valence-electron chi connectivity index (χ0n) is 9.10. The molecule has 0 aliphatic heterocycles. The zero-order valence-corrected chi connectivity index (χ0v) is 9.10. The highest BCUT2D eigenvalue weighted by Gasteiger charge is 2.31. The molecule has 6 nitrogen and oxygen atoms in total. The lowest BCUT2D eigenvalue weighted by Crippen LogP contribution is -2.18. The van der Waals surface area contributed by atoms with Gasteiger partial charge in [-0.1, -0.05) is 0 Å². The maximum atomic E-state index is 12.1. The Hall–Kier alpha value is -2.58. The second kappa shape index (κ2) is 3.70. The highest BCUT2D eigenvalue weighted by molar-refractivity contribution is 5.91. The van der Waals surface area contributed by atoms with Crippen LogP contribution in [0.15, 0.2) is 29.3 Å². The number of aromatic nitrogens is 4. The van der Waals surface area contributed by atoms with E-state index < -0.39 is 17.8 Å². The number of nitrogens with one attached hydrogen (secondary N) is 1. The van der Waals surface area contributed by atoms with Gasteiger partial charge in [-0.2, -0.15) is 9.61 Å². The number of hydrogen-bond donors (Lipinski definition) is 1. The van der Waals surface area contributed by atoms with E-state index in [0.717, 1.165) is 23.0 Å². The summed E-state index contributed by atoms with van der Waals surface area (Å²) in [5.41, 5.74) is -0.0177. The summed E-state index contributed by atoms with van der Waals surface area (Å²) in [6.45, 7) is 0. The van der Waals surface area contributed by atoms with E-state index in [-0.39, 0.29) is 5.65 Å². The van der Waals surface area contributed by atoms with E-state index in [4.69, 9.17) is 0 Å². The van der Waals surface area contributed by atoms with Crippen LogP contribution < -0.4 is 10.4 Å². The SMILES string of the molecule is O=c1[nH]c2ccc(OC(F)(F)F)cc2c2ncnn12. The molecule has 0 unspecified atom stereocenters. The molecule has 3 aromatic rings. The third-order valence-corrected chi connectivity index (χ3v) is 2.45. The molecule has 0 atom stereocenters. The fourth-order valence-electron chi connectivity index (χ4n) is 1.76. The number of aromatic amines is 1. The van der Waals surface area contributed by atoms with Crippen molar-refractivity contribution in [3.8, 4) is 5.75 Å². The zero-order chi connectivity index (χ0) is 13.6. The summed E-state index contributed by atoms with van der Waals surface area (Å²) in [5.74, 6) is -0.392. The van der Waals surface area contributed by atoms with Gasteiger partial charge in [0.1, 0.15) is 12.1 Å². The minimum absolute atomic E-state index is 0.159. The summed E-state index contributed by atoms with van der Waals surface area (Å²) in [6.07, 6.45) is -3.64. The first-order chi connectivity index (χ1) is 8.94. The molecule has 0 saturated heterocycles. The first-order valence-electron chi connectivity index (χ1n) is 5.05. The minimum Gasteiger partial charge on any atom is -0.406 e. The van der Waals surface area contributed by atoms with Crippen molar-refractivity contribution in [3.05, 3.63) is 35.0 Å². The van der Waals surface area contributed by atoms with Gasteiger partial charge >= 0.3 is 12.1 Å². The third-order valence-electron chi connectivity index (χ3n) is 2.45. The molecular formula is C10H5F3N4O2. The molecule has 0 spiro atoms. The monoisotopic (exact) mass is 270 g/mol. The van der Waals surface area contributed by atoms with Crippen LogP contribution in [0.2, 0.25) is 0 Å². The van der Waals surface area contributed by atoms with E-state index in [1.807, 2.05) is 0 Å². The van der Waals surface area contributed by atoms with Gasteiger partial charge < -0.3 is 9.72 Å². The van der Waals surface area contributed by atoms with Gasteiger partial charge in [0.05, 0.1) is 5.52 Å². The average Bonchev–Trinajstić information content (AvgIpc) is 2.78. The van der Waals surface area contributed by atoms with Crippen LogP contribution in [-0.2, 0) is 0 Å². The van der Waals surface area contributed by atoms with Gasteiger partial charge in [0, 0.05) is 5.39 Å². The number of ether oxygens (including phenoxy) is 1. The molecular weight excluding hydrogens is 265 g/mol. The second-order valence-electron chi connectivity index (χ2n) is 3.68. The first-order valence-corrected chi connectivity index (χ1v) is 5.05. The molecule has 98 valence electrons. The maximum Gasteiger partial charge on any atom is 0.573 e. The van der Waals surface area contributed by atoms with Gasteiger partial charge in [-0.25, -0.2) is 9.78 Å². The molecule has 0 radical (unpaired) electrons. The molecule has 0 aliphatic carbocycles. The van der Waals surface area contributed by atoms with Crippen LogP contribution in [0.3, 0.4) is 0 Å². The Balaban J connectivity index is 2.27. The van der Waals surface area contributed by atoms with Crippen molar-refractivity contribution in [2.24, 2.45) is 0 Å². The van der Waals surface area contributed by atoms with E-state index in [9.17, 15) is 18.0 Å². The smallest absolute Gasteiger partial charge is 0.406 e. The Morgan fingerprint density at radius 2 is 2.11 bits per heavy atom. The van der Waals surface area contributed by atoms with Gasteiger partial charge in [-0.05, 0) is 18.2 Å². The maximum absolute atomic E-state index is 12.1. The molecule has 0 saturated carbocycles. The quantitative estimate of drug-likeness (QED) is 0.726. The van der Waals surface area contributed by atoms with E-state index in [2.05, 4.69) is 19.8 Å². The largest absolute Gasteiger partial charge is 0.573 e. The predicted molar refractivity (Wildman–Crippen MR) is 57.8 cm³/mol. The average molecular weight is 270 g/mol. The molecule has 0 fully saturated rings. The molecule has 0 bridgehead atoms. The van der Waals surface area contributed by atoms with Crippen molar-refractivity contribution in [3.63, 3.8) is 0 Å². The van der Waals surface area contributed by atoms with Crippen molar-refractivity contribution in [2.75, 3.05) is 0 Å². The summed E-state index contributed by atoms with van der Waals surface area (Å²) in [7, 11) is 0. The fraction of sp³-hybridized carbons (Fsp3) is 0.100. The van der Waals surface area contributed by atoms with Crippen molar-refractivity contribution >= 4 is 16.6 Å². The summed E-state index contributed by atoms with van der Waals surface area (Å²) < 4.78 is 41.2. The number of fused-ring (bicyclic) bond motifs is 3. The van der Waals surface area contributed by atoms with Crippen molar-refractivity contribution < 1.29 is 17.9 Å². The van der Waals surface area contributed by atoms with Gasteiger partial charge in [0.2, 0.25) is 0 Å². The first kappa shape index (κ1) is 11.5. The van der Waals surface area contributed by atoms with E-state index in [1.54, 1.807) is 0 Å². The summed E-state index contributed by atoms with van der Waals surface area (Å²) in [6, 6.07) is 3.56. The van der Waals surface area contributed by atoms with Crippen molar-refractivity contribution in [2.45, 2.75) is 6.36 Å². The molecule has 1 aromatic carbocycles. The number of nitrogens with zero attached hydrogens (tertiary/aromatic N) is 3.